The maximum Gasteiger partial charge on any atom is 0.190 e. The molecule has 2 N–H and O–H groups in total. The van der Waals surface area contributed by atoms with E-state index in [4.69, 9.17) is 4.74 Å². The molecule has 1 saturated heterocycles. The summed E-state index contributed by atoms with van der Waals surface area (Å²) in [6.45, 7) is 12.3. The second-order valence-corrected chi connectivity index (χ2v) is 8.05. The quantitative estimate of drug-likeness (QED) is 0.300. The van der Waals surface area contributed by atoms with Crippen LogP contribution in [0, 0.1) is 5.92 Å². The number of rotatable bonds is 9. The van der Waals surface area contributed by atoms with Crippen LogP contribution in [0.2, 0.25) is 0 Å². The molecule has 2 atom stereocenters. The van der Waals surface area contributed by atoms with Gasteiger partial charge in [-0.1, -0.05) is 26.0 Å². The molecule has 1 aromatic rings. The molecule has 2 unspecified atom stereocenters. The van der Waals surface area contributed by atoms with E-state index in [0.717, 1.165) is 37.8 Å². The van der Waals surface area contributed by atoms with Crippen molar-refractivity contribution in [2.24, 2.45) is 10.9 Å². The van der Waals surface area contributed by atoms with E-state index in [9.17, 15) is 0 Å². The summed E-state index contributed by atoms with van der Waals surface area (Å²) in [4.78, 5) is 9.34. The summed E-state index contributed by atoms with van der Waals surface area (Å²) in [6, 6.07) is 8.36. The Bertz CT molecular complexity index is 587. The molecule has 166 valence electrons. The number of hydrogen-bond acceptors (Lipinski definition) is 4. The smallest absolute Gasteiger partial charge is 0.190 e. The number of methoxy groups -OCH3 is 1. The number of nitrogens with zero attached hydrogens (tertiary/aromatic N) is 3. The van der Waals surface area contributed by atoms with Gasteiger partial charge < -0.3 is 25.2 Å². The van der Waals surface area contributed by atoms with E-state index in [1.165, 1.54) is 31.7 Å². The predicted molar refractivity (Wildman–Crippen MR) is 134 cm³/mol. The van der Waals surface area contributed by atoms with Crippen LogP contribution in [0.1, 0.15) is 31.7 Å². The molecule has 0 saturated carbocycles. The number of nitrogens with one attached hydrogen (secondary N) is 2. The van der Waals surface area contributed by atoms with Gasteiger partial charge in [0, 0.05) is 52.9 Å². The summed E-state index contributed by atoms with van der Waals surface area (Å²) in [5, 5.41) is 6.93. The van der Waals surface area contributed by atoms with Crippen molar-refractivity contribution in [2.45, 2.75) is 26.2 Å². The third-order valence-corrected chi connectivity index (χ3v) is 5.56. The average molecular weight is 518 g/mol. The Morgan fingerprint density at radius 2 is 1.76 bits per heavy atom. The summed E-state index contributed by atoms with van der Waals surface area (Å²) in [5.41, 5.74) is 1.34. The number of ether oxygens (including phenoxy) is 1. The number of halogens is 1. The van der Waals surface area contributed by atoms with Gasteiger partial charge in [0.15, 0.2) is 5.96 Å². The Labute approximate surface area is 194 Å². The third-order valence-electron chi connectivity index (χ3n) is 5.56. The van der Waals surface area contributed by atoms with E-state index in [0.29, 0.717) is 11.8 Å². The maximum absolute atomic E-state index is 5.23. The van der Waals surface area contributed by atoms with Gasteiger partial charge in [-0.25, -0.2) is 0 Å². The highest BCUT2D eigenvalue weighted by atomic mass is 127. The van der Waals surface area contributed by atoms with Gasteiger partial charge in [0.2, 0.25) is 0 Å². The molecule has 0 spiro atoms. The monoisotopic (exact) mass is 517 g/mol. The van der Waals surface area contributed by atoms with Gasteiger partial charge in [-0.15, -0.1) is 24.0 Å². The normalized spacial score (nSPS) is 17.9. The Morgan fingerprint density at radius 3 is 2.34 bits per heavy atom. The molecule has 6 nitrogen and oxygen atoms in total. The van der Waals surface area contributed by atoms with Gasteiger partial charge in [-0.2, -0.15) is 0 Å². The van der Waals surface area contributed by atoms with Gasteiger partial charge in [0.25, 0.3) is 0 Å². The summed E-state index contributed by atoms with van der Waals surface area (Å²) in [7, 11) is 5.74. The van der Waals surface area contributed by atoms with Gasteiger partial charge in [-0.3, -0.25) is 4.99 Å². The molecule has 0 amide bonds. The molecule has 0 bridgehead atoms. The summed E-state index contributed by atoms with van der Waals surface area (Å²) < 4.78 is 5.23. The van der Waals surface area contributed by atoms with Crippen LogP contribution in [0.15, 0.2) is 29.3 Å². The fraction of sp³-hybridized carbons (Fsp3) is 0.682. The zero-order valence-corrected chi connectivity index (χ0v) is 21.1. The Hall–Kier alpha value is -1.06. The molecule has 1 fully saturated rings. The van der Waals surface area contributed by atoms with E-state index < -0.39 is 0 Å². The van der Waals surface area contributed by atoms with Gasteiger partial charge >= 0.3 is 0 Å². The first-order valence-electron chi connectivity index (χ1n) is 10.5. The molecular weight excluding hydrogens is 477 g/mol. The zero-order chi connectivity index (χ0) is 20.4. The van der Waals surface area contributed by atoms with Crippen molar-refractivity contribution in [1.29, 1.82) is 0 Å². The maximum atomic E-state index is 5.23. The molecule has 0 aromatic heterocycles. The fourth-order valence-corrected chi connectivity index (χ4v) is 3.53. The molecule has 0 radical (unpaired) electrons. The standard InChI is InChI=1S/C22H39N5O.HI/c1-18(17-27-14-12-26(4)13-15-27)16-25-22(23-3)24-11-10-19(2)20-6-8-21(28-5)9-7-20;/h6-9,18-19H,10-17H2,1-5H3,(H2,23,24,25);1H. The molecule has 7 heteroatoms. The highest BCUT2D eigenvalue weighted by Gasteiger charge is 2.16. The first-order chi connectivity index (χ1) is 13.5. The molecule has 1 heterocycles. The number of hydrogen-bond donors (Lipinski definition) is 2. The van der Waals surface area contributed by atoms with Crippen LogP contribution in [-0.2, 0) is 0 Å². The fourth-order valence-electron chi connectivity index (χ4n) is 3.53. The summed E-state index contributed by atoms with van der Waals surface area (Å²) in [6.07, 6.45) is 1.06. The van der Waals surface area contributed by atoms with Crippen LogP contribution < -0.4 is 15.4 Å². The van der Waals surface area contributed by atoms with Crippen molar-refractivity contribution in [3.63, 3.8) is 0 Å². The lowest BCUT2D eigenvalue weighted by Gasteiger charge is -2.34. The van der Waals surface area contributed by atoms with E-state index in [1.54, 1.807) is 7.11 Å². The van der Waals surface area contributed by atoms with Crippen LogP contribution in [-0.4, -0.2) is 82.8 Å². The second-order valence-electron chi connectivity index (χ2n) is 8.05. The Morgan fingerprint density at radius 1 is 1.10 bits per heavy atom. The zero-order valence-electron chi connectivity index (χ0n) is 18.8. The van der Waals surface area contributed by atoms with Crippen molar-refractivity contribution in [2.75, 3.05) is 67.0 Å². The van der Waals surface area contributed by atoms with Crippen LogP contribution >= 0.6 is 24.0 Å². The Kier molecular flexibility index (Phi) is 12.6. The number of aliphatic imine (C=N–C) groups is 1. The lowest BCUT2D eigenvalue weighted by molar-refractivity contribution is 0.139. The average Bonchev–Trinajstić information content (AvgIpc) is 2.72. The topological polar surface area (TPSA) is 52.1 Å². The van der Waals surface area contributed by atoms with E-state index in [2.05, 4.69) is 58.5 Å². The molecular formula is C22H40IN5O. The minimum atomic E-state index is 0. The lowest BCUT2D eigenvalue weighted by atomic mass is 9.98. The largest absolute Gasteiger partial charge is 0.497 e. The number of benzene rings is 1. The SMILES string of the molecule is CN=C(NCCC(C)c1ccc(OC)cc1)NCC(C)CN1CCN(C)CC1.I. The van der Waals surface area contributed by atoms with Crippen LogP contribution in [0.5, 0.6) is 5.75 Å². The Balaban J connectivity index is 0.00000420. The minimum absolute atomic E-state index is 0. The number of guanidine groups is 1. The van der Waals surface area contributed by atoms with Crippen molar-refractivity contribution < 1.29 is 4.74 Å². The van der Waals surface area contributed by atoms with Crippen molar-refractivity contribution in [3.8, 4) is 5.75 Å². The van der Waals surface area contributed by atoms with Crippen molar-refractivity contribution >= 4 is 29.9 Å². The number of likely N-dealkylation sites (N-methyl/N-ethyl adjacent to an activating group) is 1. The van der Waals surface area contributed by atoms with Crippen LogP contribution in [0.3, 0.4) is 0 Å². The van der Waals surface area contributed by atoms with Gasteiger partial charge in [0.1, 0.15) is 5.75 Å². The summed E-state index contributed by atoms with van der Waals surface area (Å²) in [5.74, 6) is 2.89. The van der Waals surface area contributed by atoms with Crippen LogP contribution in [0.25, 0.3) is 0 Å². The highest BCUT2D eigenvalue weighted by Crippen LogP contribution is 2.21. The van der Waals surface area contributed by atoms with Gasteiger partial charge in [-0.05, 0) is 43.0 Å². The molecule has 1 aliphatic rings. The molecule has 1 aliphatic heterocycles. The van der Waals surface area contributed by atoms with Crippen molar-refractivity contribution in [1.82, 2.24) is 20.4 Å². The van der Waals surface area contributed by atoms with E-state index in [1.807, 2.05) is 19.2 Å². The number of piperazine rings is 1. The van der Waals surface area contributed by atoms with E-state index >= 15 is 0 Å². The predicted octanol–water partition coefficient (Wildman–Crippen LogP) is 2.86. The third kappa shape index (κ3) is 9.53. The first-order valence-corrected chi connectivity index (χ1v) is 10.5. The van der Waals surface area contributed by atoms with Gasteiger partial charge in [0.05, 0.1) is 7.11 Å². The second kappa shape index (κ2) is 14.0. The minimum Gasteiger partial charge on any atom is -0.497 e. The van der Waals surface area contributed by atoms with E-state index in [-0.39, 0.29) is 24.0 Å². The lowest BCUT2D eigenvalue weighted by Crippen LogP contribution is -2.47. The molecule has 2 rings (SSSR count). The van der Waals surface area contributed by atoms with Crippen LogP contribution in [0.4, 0.5) is 0 Å². The molecule has 1 aromatic carbocycles. The molecule has 0 aliphatic carbocycles. The van der Waals surface area contributed by atoms with Crippen molar-refractivity contribution in [3.05, 3.63) is 29.8 Å². The highest BCUT2D eigenvalue weighted by molar-refractivity contribution is 14.0. The first kappa shape index (κ1) is 26.0. The summed E-state index contributed by atoms with van der Waals surface area (Å²) >= 11 is 0. The molecule has 29 heavy (non-hydrogen) atoms.